The number of hydrogen-bond acceptors (Lipinski definition) is 5. The topological polar surface area (TPSA) is 67.9 Å². The Morgan fingerprint density at radius 3 is 2.74 bits per heavy atom. The number of para-hydroxylation sites is 1. The second kappa shape index (κ2) is 7.33. The smallest absolute Gasteiger partial charge is 0.227 e. The summed E-state index contributed by atoms with van der Waals surface area (Å²) in [5, 5.41) is 10.3. The summed E-state index contributed by atoms with van der Waals surface area (Å²) in [6, 6.07) is 20.6. The van der Waals surface area contributed by atoms with E-state index in [1.165, 1.54) is 0 Å². The number of aliphatic imine (C=N–C) groups is 1. The minimum atomic E-state index is 0.0789. The largest absolute Gasteiger partial charge is 0.504 e. The van der Waals surface area contributed by atoms with Gasteiger partial charge in [0, 0.05) is 23.4 Å². The monoisotopic (exact) mass is 358 g/mol. The zero-order valence-electron chi connectivity index (χ0n) is 14.8. The third kappa shape index (κ3) is 3.53. The number of phenolic OH excluding ortho intramolecular Hbond substituents is 1. The number of rotatable bonds is 5. The summed E-state index contributed by atoms with van der Waals surface area (Å²) in [7, 11) is 0. The highest BCUT2D eigenvalue weighted by molar-refractivity contribution is 5.88. The van der Waals surface area contributed by atoms with Crippen molar-refractivity contribution < 1.29 is 14.3 Å². The van der Waals surface area contributed by atoms with Gasteiger partial charge in [0.05, 0.1) is 12.3 Å². The second-order valence-corrected chi connectivity index (χ2v) is 5.92. The summed E-state index contributed by atoms with van der Waals surface area (Å²) in [6.07, 6.45) is 1.60. The molecule has 1 heterocycles. The first-order chi connectivity index (χ1) is 13.2. The molecule has 0 spiro atoms. The van der Waals surface area contributed by atoms with Gasteiger partial charge in [0.2, 0.25) is 5.89 Å². The van der Waals surface area contributed by atoms with Crippen molar-refractivity contribution in [3.8, 4) is 23.0 Å². The highest BCUT2D eigenvalue weighted by Gasteiger charge is 2.09. The average molecular weight is 358 g/mol. The molecule has 0 fully saturated rings. The molecule has 4 aromatic rings. The molecular weight excluding hydrogens is 340 g/mol. The Hall–Kier alpha value is -3.60. The Morgan fingerprint density at radius 2 is 1.93 bits per heavy atom. The Balaban J connectivity index is 1.63. The molecule has 0 aliphatic heterocycles. The lowest BCUT2D eigenvalue weighted by Crippen LogP contribution is -1.93. The maximum absolute atomic E-state index is 10.3. The molecule has 4 rings (SSSR count). The SMILES string of the molecule is CCOc1cccc(C=Nc2ccc3nc(-c4ccccc4)oc3c2)c1O. The molecule has 0 amide bonds. The van der Waals surface area contributed by atoms with Gasteiger partial charge in [-0.1, -0.05) is 24.3 Å². The fraction of sp³-hybridized carbons (Fsp3) is 0.0909. The van der Waals surface area contributed by atoms with Gasteiger partial charge in [0.25, 0.3) is 0 Å². The van der Waals surface area contributed by atoms with Crippen LogP contribution in [-0.2, 0) is 0 Å². The zero-order valence-corrected chi connectivity index (χ0v) is 14.8. The van der Waals surface area contributed by atoms with Gasteiger partial charge in [-0.15, -0.1) is 0 Å². The standard InChI is InChI=1S/C22H18N2O3/c1-2-26-19-10-6-9-16(21(19)25)14-23-17-11-12-18-20(13-17)27-22(24-18)15-7-4-3-5-8-15/h3-14,25H,2H2,1H3. The Labute approximate surface area is 156 Å². The van der Waals surface area contributed by atoms with Crippen LogP contribution >= 0.6 is 0 Å². The van der Waals surface area contributed by atoms with Crippen molar-refractivity contribution in [2.75, 3.05) is 6.61 Å². The third-order valence-corrected chi connectivity index (χ3v) is 4.08. The molecule has 1 N–H and O–H groups in total. The lowest BCUT2D eigenvalue weighted by molar-refractivity contribution is 0.318. The molecule has 0 radical (unpaired) electrons. The van der Waals surface area contributed by atoms with Crippen molar-refractivity contribution in [3.63, 3.8) is 0 Å². The number of oxazole rings is 1. The van der Waals surface area contributed by atoms with Crippen LogP contribution in [0.2, 0.25) is 0 Å². The second-order valence-electron chi connectivity index (χ2n) is 5.92. The molecule has 0 aliphatic rings. The molecule has 134 valence electrons. The first kappa shape index (κ1) is 16.8. The summed E-state index contributed by atoms with van der Waals surface area (Å²) >= 11 is 0. The molecule has 3 aromatic carbocycles. The summed E-state index contributed by atoms with van der Waals surface area (Å²) in [5.41, 5.74) is 3.66. The zero-order chi connectivity index (χ0) is 18.6. The van der Waals surface area contributed by atoms with Crippen LogP contribution in [0.4, 0.5) is 5.69 Å². The summed E-state index contributed by atoms with van der Waals surface area (Å²) in [4.78, 5) is 8.96. The molecule has 0 aliphatic carbocycles. The number of hydrogen-bond donors (Lipinski definition) is 1. The molecule has 5 heteroatoms. The molecule has 5 nitrogen and oxygen atoms in total. The third-order valence-electron chi connectivity index (χ3n) is 4.08. The first-order valence-electron chi connectivity index (χ1n) is 8.69. The van der Waals surface area contributed by atoms with Crippen LogP contribution in [-0.4, -0.2) is 22.9 Å². The normalized spacial score (nSPS) is 11.3. The molecule has 0 unspecified atom stereocenters. The summed E-state index contributed by atoms with van der Waals surface area (Å²) in [5.74, 6) is 1.10. The summed E-state index contributed by atoms with van der Waals surface area (Å²) in [6.45, 7) is 2.36. The van der Waals surface area contributed by atoms with Crippen molar-refractivity contribution in [3.05, 3.63) is 72.3 Å². The number of nitrogens with zero attached hydrogens (tertiary/aromatic N) is 2. The minimum Gasteiger partial charge on any atom is -0.504 e. The molecule has 27 heavy (non-hydrogen) atoms. The van der Waals surface area contributed by atoms with E-state index < -0.39 is 0 Å². The van der Waals surface area contributed by atoms with Crippen molar-refractivity contribution >= 4 is 23.0 Å². The predicted molar refractivity (Wildman–Crippen MR) is 106 cm³/mol. The van der Waals surface area contributed by atoms with E-state index in [0.717, 1.165) is 11.1 Å². The number of benzene rings is 3. The number of fused-ring (bicyclic) bond motifs is 1. The number of phenols is 1. The van der Waals surface area contributed by atoms with Crippen molar-refractivity contribution in [1.29, 1.82) is 0 Å². The number of ether oxygens (including phenoxy) is 1. The average Bonchev–Trinajstić information content (AvgIpc) is 3.13. The van der Waals surface area contributed by atoms with E-state index in [4.69, 9.17) is 9.15 Å². The molecule has 1 aromatic heterocycles. The van der Waals surface area contributed by atoms with E-state index in [0.29, 0.717) is 35.1 Å². The minimum absolute atomic E-state index is 0.0789. The van der Waals surface area contributed by atoms with E-state index in [-0.39, 0.29) is 5.75 Å². The maximum Gasteiger partial charge on any atom is 0.227 e. The predicted octanol–water partition coefficient (Wildman–Crippen LogP) is 5.35. The van der Waals surface area contributed by atoms with Gasteiger partial charge < -0.3 is 14.3 Å². The van der Waals surface area contributed by atoms with E-state index in [9.17, 15) is 5.11 Å². The highest BCUT2D eigenvalue weighted by atomic mass is 16.5. The van der Waals surface area contributed by atoms with Gasteiger partial charge in [0.1, 0.15) is 5.52 Å². The maximum atomic E-state index is 10.3. The molecule has 0 atom stereocenters. The van der Waals surface area contributed by atoms with E-state index in [1.807, 2.05) is 61.5 Å². The van der Waals surface area contributed by atoms with Gasteiger partial charge >= 0.3 is 0 Å². The van der Waals surface area contributed by atoms with Crippen molar-refractivity contribution in [1.82, 2.24) is 4.98 Å². The molecule has 0 saturated heterocycles. The van der Waals surface area contributed by atoms with Crippen LogP contribution < -0.4 is 4.74 Å². The van der Waals surface area contributed by atoms with Crippen molar-refractivity contribution in [2.24, 2.45) is 4.99 Å². The molecule has 0 saturated carbocycles. The first-order valence-corrected chi connectivity index (χ1v) is 8.69. The van der Waals surface area contributed by atoms with E-state index in [2.05, 4.69) is 9.98 Å². The Morgan fingerprint density at radius 1 is 1.07 bits per heavy atom. The number of aromatic hydroxyl groups is 1. The van der Waals surface area contributed by atoms with E-state index in [1.54, 1.807) is 18.3 Å². The van der Waals surface area contributed by atoms with Gasteiger partial charge in [-0.2, -0.15) is 0 Å². The van der Waals surface area contributed by atoms with Crippen LogP contribution in [0.1, 0.15) is 12.5 Å². The van der Waals surface area contributed by atoms with Crippen LogP contribution in [0, 0.1) is 0 Å². The lowest BCUT2D eigenvalue weighted by atomic mass is 10.2. The van der Waals surface area contributed by atoms with Crippen LogP contribution in [0.5, 0.6) is 11.5 Å². The molecule has 0 bridgehead atoms. The van der Waals surface area contributed by atoms with Gasteiger partial charge in [-0.05, 0) is 43.3 Å². The molecular formula is C22H18N2O3. The Kier molecular flexibility index (Phi) is 4.58. The van der Waals surface area contributed by atoms with E-state index >= 15 is 0 Å². The van der Waals surface area contributed by atoms with Crippen LogP contribution in [0.15, 0.2) is 76.1 Å². The Bertz CT molecular complexity index is 1100. The summed E-state index contributed by atoms with van der Waals surface area (Å²) < 4.78 is 11.3. The fourth-order valence-corrected chi connectivity index (χ4v) is 2.76. The number of aromatic nitrogens is 1. The van der Waals surface area contributed by atoms with Gasteiger partial charge in [0.15, 0.2) is 17.1 Å². The highest BCUT2D eigenvalue weighted by Crippen LogP contribution is 2.30. The lowest BCUT2D eigenvalue weighted by Gasteiger charge is -2.07. The van der Waals surface area contributed by atoms with Crippen LogP contribution in [0.25, 0.3) is 22.6 Å². The van der Waals surface area contributed by atoms with Crippen LogP contribution in [0.3, 0.4) is 0 Å². The van der Waals surface area contributed by atoms with Gasteiger partial charge in [-0.3, -0.25) is 4.99 Å². The quantitative estimate of drug-likeness (QED) is 0.488. The van der Waals surface area contributed by atoms with Crippen molar-refractivity contribution in [2.45, 2.75) is 6.92 Å². The van der Waals surface area contributed by atoms with Gasteiger partial charge in [-0.25, -0.2) is 4.98 Å². The fourth-order valence-electron chi connectivity index (χ4n) is 2.76.